The zero-order chi connectivity index (χ0) is 22.2. The van der Waals surface area contributed by atoms with Crippen molar-refractivity contribution in [3.05, 3.63) is 51.7 Å². The highest BCUT2D eigenvalue weighted by Gasteiger charge is 2.38. The van der Waals surface area contributed by atoms with Gasteiger partial charge in [-0.2, -0.15) is 4.31 Å². The fourth-order valence-corrected chi connectivity index (χ4v) is 7.60. The molecule has 1 fully saturated rings. The molecule has 1 amide bonds. The third-order valence-corrected chi connectivity index (χ3v) is 9.32. The van der Waals surface area contributed by atoms with E-state index in [9.17, 15) is 22.4 Å². The summed E-state index contributed by atoms with van der Waals surface area (Å²) in [6.07, 6.45) is 1.84. The third-order valence-electron chi connectivity index (χ3n) is 5.71. The second kappa shape index (κ2) is 8.68. The second-order valence-corrected chi connectivity index (χ2v) is 10.8. The summed E-state index contributed by atoms with van der Waals surface area (Å²) in [5.74, 6) is -1.36. The minimum Gasteiger partial charge on any atom is -0.465 e. The summed E-state index contributed by atoms with van der Waals surface area (Å²) >= 11 is 1.03. The summed E-state index contributed by atoms with van der Waals surface area (Å²) in [5.41, 5.74) is 1.04. The van der Waals surface area contributed by atoms with E-state index in [1.165, 1.54) is 17.5 Å². The van der Waals surface area contributed by atoms with Gasteiger partial charge in [0.2, 0.25) is 5.91 Å². The number of carbonyl (C=O) groups is 2. The number of hydrogen-bond acceptors (Lipinski definition) is 6. The zero-order valence-electron chi connectivity index (χ0n) is 17.1. The molecule has 3 heterocycles. The molecule has 1 aromatic heterocycles. The number of nitrogens with zero attached hydrogens (tertiary/aromatic N) is 2. The van der Waals surface area contributed by atoms with Crippen LogP contribution in [0.2, 0.25) is 0 Å². The number of rotatable bonds is 5. The van der Waals surface area contributed by atoms with Crippen molar-refractivity contribution in [2.24, 2.45) is 0 Å². The van der Waals surface area contributed by atoms with E-state index in [0.29, 0.717) is 42.1 Å². The molecule has 2 aliphatic rings. The van der Waals surface area contributed by atoms with Crippen molar-refractivity contribution in [1.82, 2.24) is 9.21 Å². The van der Waals surface area contributed by atoms with E-state index in [-0.39, 0.29) is 28.6 Å². The van der Waals surface area contributed by atoms with Crippen molar-refractivity contribution in [2.75, 3.05) is 26.7 Å². The second-order valence-electron chi connectivity index (χ2n) is 7.60. The van der Waals surface area contributed by atoms with Crippen LogP contribution in [0, 0.1) is 5.82 Å². The van der Waals surface area contributed by atoms with E-state index >= 15 is 0 Å². The molecule has 1 aromatic carbocycles. The number of halogens is 1. The first-order chi connectivity index (χ1) is 14.8. The molecule has 10 heteroatoms. The lowest BCUT2D eigenvalue weighted by Crippen LogP contribution is -2.36. The Labute approximate surface area is 184 Å². The van der Waals surface area contributed by atoms with Gasteiger partial charge in [-0.1, -0.05) is 18.2 Å². The fourth-order valence-electron chi connectivity index (χ4n) is 4.04. The third kappa shape index (κ3) is 4.11. The first kappa shape index (κ1) is 21.9. The Kier molecular flexibility index (Phi) is 6.14. The smallest absolute Gasteiger partial charge is 0.340 e. The zero-order valence-corrected chi connectivity index (χ0v) is 18.7. The van der Waals surface area contributed by atoms with Gasteiger partial charge in [0, 0.05) is 24.5 Å². The van der Waals surface area contributed by atoms with Gasteiger partial charge >= 0.3 is 5.97 Å². The molecule has 0 unspecified atom stereocenters. The summed E-state index contributed by atoms with van der Waals surface area (Å²) in [6, 6.07) is 6.13. The molecule has 0 atom stereocenters. The first-order valence-corrected chi connectivity index (χ1v) is 12.3. The maximum atomic E-state index is 13.9. The largest absolute Gasteiger partial charge is 0.465 e. The minimum absolute atomic E-state index is 0.00495. The summed E-state index contributed by atoms with van der Waals surface area (Å²) in [6.45, 7) is 1.37. The van der Waals surface area contributed by atoms with Crippen LogP contribution < -0.4 is 0 Å². The number of benzene rings is 1. The number of thiophene rings is 1. The number of esters is 1. The summed E-state index contributed by atoms with van der Waals surface area (Å²) < 4.78 is 46.6. The van der Waals surface area contributed by atoms with Crippen LogP contribution in [-0.4, -0.2) is 56.2 Å². The number of carbonyl (C=O) groups excluding carboxylic acids is 2. The highest BCUT2D eigenvalue weighted by atomic mass is 32.2. The lowest BCUT2D eigenvalue weighted by Gasteiger charge is -2.27. The number of hydrogen-bond donors (Lipinski definition) is 0. The minimum atomic E-state index is -3.81. The van der Waals surface area contributed by atoms with Gasteiger partial charge in [0.05, 0.1) is 25.6 Å². The monoisotopic (exact) mass is 466 g/mol. The average Bonchev–Trinajstić information content (AvgIpc) is 3.43. The molecular formula is C21H23FN2O5S2. The molecule has 1 saturated heterocycles. The van der Waals surface area contributed by atoms with Crippen molar-refractivity contribution >= 4 is 33.2 Å². The number of sulfonamides is 1. The van der Waals surface area contributed by atoms with Gasteiger partial charge in [0.25, 0.3) is 10.0 Å². The van der Waals surface area contributed by atoms with Crippen LogP contribution in [0.5, 0.6) is 0 Å². The van der Waals surface area contributed by atoms with E-state index in [4.69, 9.17) is 4.74 Å². The standard InChI is InChI=1S/C21H23FN2O5S2/c1-29-20(26)19-15-8-11-23(18(25)12-14-6-2-3-7-16(14)22)13-17(15)30-21(19)31(27,28)24-9-4-5-10-24/h2-3,6-7H,4-5,8-13H2,1H3. The van der Waals surface area contributed by atoms with Crippen LogP contribution in [0.1, 0.15) is 39.2 Å². The Bertz CT molecular complexity index is 1120. The van der Waals surface area contributed by atoms with Crippen LogP contribution >= 0.6 is 11.3 Å². The molecule has 31 heavy (non-hydrogen) atoms. The Morgan fingerprint density at radius 1 is 1.16 bits per heavy atom. The fraction of sp³-hybridized carbons (Fsp3) is 0.429. The molecule has 0 bridgehead atoms. The molecule has 0 aliphatic carbocycles. The first-order valence-electron chi connectivity index (χ1n) is 10.1. The van der Waals surface area contributed by atoms with Crippen molar-refractivity contribution in [1.29, 1.82) is 0 Å². The van der Waals surface area contributed by atoms with Crippen LogP contribution in [0.3, 0.4) is 0 Å². The molecule has 0 spiro atoms. The quantitative estimate of drug-likeness (QED) is 0.633. The Balaban J connectivity index is 1.64. The van der Waals surface area contributed by atoms with Crippen molar-refractivity contribution in [3.63, 3.8) is 0 Å². The average molecular weight is 467 g/mol. The molecule has 0 radical (unpaired) electrons. The van der Waals surface area contributed by atoms with Gasteiger partial charge in [0.1, 0.15) is 10.0 Å². The lowest BCUT2D eigenvalue weighted by molar-refractivity contribution is -0.131. The van der Waals surface area contributed by atoms with E-state index in [1.54, 1.807) is 23.1 Å². The topological polar surface area (TPSA) is 84.0 Å². The molecule has 7 nitrogen and oxygen atoms in total. The SMILES string of the molecule is COC(=O)c1c(S(=O)(=O)N2CCCC2)sc2c1CCN(C(=O)Cc1ccccc1F)C2. The van der Waals surface area contributed by atoms with Crippen molar-refractivity contribution < 1.29 is 27.1 Å². The van der Waals surface area contributed by atoms with E-state index in [2.05, 4.69) is 0 Å². The number of ether oxygens (including phenoxy) is 1. The van der Waals surface area contributed by atoms with Crippen LogP contribution in [0.4, 0.5) is 4.39 Å². The van der Waals surface area contributed by atoms with Crippen molar-refractivity contribution in [3.8, 4) is 0 Å². The van der Waals surface area contributed by atoms with E-state index in [0.717, 1.165) is 24.2 Å². The molecule has 0 saturated carbocycles. The van der Waals surface area contributed by atoms with Gasteiger partial charge in [-0.3, -0.25) is 4.79 Å². The Morgan fingerprint density at radius 3 is 2.55 bits per heavy atom. The molecule has 0 N–H and O–H groups in total. The maximum absolute atomic E-state index is 13.9. The highest BCUT2D eigenvalue weighted by molar-refractivity contribution is 7.91. The summed E-state index contributed by atoms with van der Waals surface area (Å²) in [5, 5.41) is 0. The molecule has 166 valence electrons. The van der Waals surface area contributed by atoms with E-state index in [1.807, 2.05) is 0 Å². The van der Waals surface area contributed by atoms with E-state index < -0.39 is 21.8 Å². The Hall–Kier alpha value is -2.30. The lowest BCUT2D eigenvalue weighted by atomic mass is 10.0. The van der Waals surface area contributed by atoms with Gasteiger partial charge < -0.3 is 9.64 Å². The normalized spacial score (nSPS) is 16.9. The number of methoxy groups -OCH3 is 1. The summed E-state index contributed by atoms with van der Waals surface area (Å²) in [7, 11) is -2.58. The summed E-state index contributed by atoms with van der Waals surface area (Å²) in [4.78, 5) is 27.5. The molecular weight excluding hydrogens is 443 g/mol. The molecule has 4 rings (SSSR count). The van der Waals surface area contributed by atoms with Crippen LogP contribution in [0.15, 0.2) is 28.5 Å². The molecule has 2 aromatic rings. The van der Waals surface area contributed by atoms with Gasteiger partial charge in [-0.25, -0.2) is 17.6 Å². The predicted octanol–water partition coefficient (Wildman–Crippen LogP) is 2.59. The van der Waals surface area contributed by atoms with Gasteiger partial charge in [-0.05, 0) is 36.5 Å². The predicted molar refractivity (Wildman–Crippen MR) is 113 cm³/mol. The number of fused-ring (bicyclic) bond motifs is 1. The van der Waals surface area contributed by atoms with Gasteiger partial charge in [0.15, 0.2) is 0 Å². The van der Waals surface area contributed by atoms with Crippen molar-refractivity contribution in [2.45, 2.75) is 36.4 Å². The van der Waals surface area contributed by atoms with Crippen LogP contribution in [0.25, 0.3) is 0 Å². The number of amides is 1. The highest BCUT2D eigenvalue weighted by Crippen LogP contribution is 2.38. The Morgan fingerprint density at radius 2 is 1.87 bits per heavy atom. The van der Waals surface area contributed by atoms with Crippen LogP contribution in [-0.2, 0) is 38.9 Å². The maximum Gasteiger partial charge on any atom is 0.340 e. The van der Waals surface area contributed by atoms with Gasteiger partial charge in [-0.15, -0.1) is 11.3 Å². The molecule has 2 aliphatic heterocycles.